The number of carbonyl (C=O) groups excluding carboxylic acids is 1. The van der Waals surface area contributed by atoms with Crippen molar-refractivity contribution in [2.45, 2.75) is 32.7 Å². The molecule has 0 aliphatic rings. The summed E-state index contributed by atoms with van der Waals surface area (Å²) in [7, 11) is 1.38. The molecular weight excluding hydrogens is 242 g/mol. The molecule has 1 atom stereocenters. The first-order valence-electron chi connectivity index (χ1n) is 6.67. The smallest absolute Gasteiger partial charge is 0.308 e. The summed E-state index contributed by atoms with van der Waals surface area (Å²) >= 11 is 0. The molecule has 0 fully saturated rings. The van der Waals surface area contributed by atoms with Crippen LogP contribution < -0.4 is 10.1 Å². The van der Waals surface area contributed by atoms with Crippen LogP contribution in [0.5, 0.6) is 5.75 Å². The average molecular weight is 265 g/mol. The van der Waals surface area contributed by atoms with Crippen LogP contribution in [0.3, 0.4) is 0 Å². The number of carbonyl (C=O) groups is 1. The number of ether oxygens (including phenoxy) is 2. The molecule has 0 aromatic heterocycles. The predicted octanol–water partition coefficient (Wildman–Crippen LogP) is 2.17. The number of rotatable bonds is 8. The largest absolute Gasteiger partial charge is 0.493 e. The van der Waals surface area contributed by atoms with Gasteiger partial charge in [-0.25, -0.2) is 0 Å². The Morgan fingerprint density at radius 2 is 2.00 bits per heavy atom. The van der Waals surface area contributed by atoms with Crippen molar-refractivity contribution in [3.8, 4) is 5.75 Å². The van der Waals surface area contributed by atoms with Crippen LogP contribution in [0.15, 0.2) is 24.3 Å². The zero-order chi connectivity index (χ0) is 14.1. The Bertz CT molecular complexity index is 375. The van der Waals surface area contributed by atoms with Gasteiger partial charge in [0.15, 0.2) is 0 Å². The quantitative estimate of drug-likeness (QED) is 0.732. The molecular formula is C15H23NO3. The van der Waals surface area contributed by atoms with Crippen LogP contribution >= 0.6 is 0 Å². The number of esters is 1. The SMILES string of the molecule is CCNC(C)Cc1ccc(OCCC(=O)OC)cc1. The van der Waals surface area contributed by atoms with Gasteiger partial charge in [-0.3, -0.25) is 4.79 Å². The number of likely N-dealkylation sites (N-methyl/N-ethyl adjacent to an activating group) is 1. The summed E-state index contributed by atoms with van der Waals surface area (Å²) in [5.41, 5.74) is 1.27. The van der Waals surface area contributed by atoms with Gasteiger partial charge in [-0.05, 0) is 37.6 Å². The lowest BCUT2D eigenvalue weighted by molar-refractivity contribution is -0.141. The van der Waals surface area contributed by atoms with E-state index in [1.807, 2.05) is 12.1 Å². The number of nitrogens with one attached hydrogen (secondary N) is 1. The second kappa shape index (κ2) is 8.53. The van der Waals surface area contributed by atoms with E-state index < -0.39 is 0 Å². The van der Waals surface area contributed by atoms with E-state index in [0.717, 1.165) is 18.7 Å². The van der Waals surface area contributed by atoms with Crippen molar-refractivity contribution >= 4 is 5.97 Å². The number of methoxy groups -OCH3 is 1. The minimum absolute atomic E-state index is 0.254. The lowest BCUT2D eigenvalue weighted by atomic mass is 10.1. The Morgan fingerprint density at radius 3 is 2.58 bits per heavy atom. The van der Waals surface area contributed by atoms with Gasteiger partial charge in [0.05, 0.1) is 20.1 Å². The van der Waals surface area contributed by atoms with Crippen LogP contribution in [0.1, 0.15) is 25.8 Å². The molecule has 0 amide bonds. The van der Waals surface area contributed by atoms with E-state index >= 15 is 0 Å². The highest BCUT2D eigenvalue weighted by Gasteiger charge is 2.03. The highest BCUT2D eigenvalue weighted by molar-refractivity contribution is 5.69. The van der Waals surface area contributed by atoms with Gasteiger partial charge in [0, 0.05) is 6.04 Å². The Morgan fingerprint density at radius 1 is 1.32 bits per heavy atom. The first-order valence-corrected chi connectivity index (χ1v) is 6.67. The lowest BCUT2D eigenvalue weighted by Crippen LogP contribution is -2.27. The molecule has 4 heteroatoms. The summed E-state index contributed by atoms with van der Waals surface area (Å²) in [6.45, 7) is 5.61. The number of hydrogen-bond donors (Lipinski definition) is 1. The van der Waals surface area contributed by atoms with Crippen LogP contribution in [0.2, 0.25) is 0 Å². The van der Waals surface area contributed by atoms with Crippen molar-refractivity contribution in [2.24, 2.45) is 0 Å². The van der Waals surface area contributed by atoms with E-state index in [4.69, 9.17) is 4.74 Å². The molecule has 106 valence electrons. The van der Waals surface area contributed by atoms with E-state index in [1.54, 1.807) is 0 Å². The van der Waals surface area contributed by atoms with Gasteiger partial charge in [-0.15, -0.1) is 0 Å². The predicted molar refractivity (Wildman–Crippen MR) is 75.4 cm³/mol. The first kappa shape index (κ1) is 15.5. The fraction of sp³-hybridized carbons (Fsp3) is 0.533. The average Bonchev–Trinajstić information content (AvgIpc) is 2.41. The second-order valence-electron chi connectivity index (χ2n) is 4.48. The van der Waals surface area contributed by atoms with Crippen molar-refractivity contribution in [1.29, 1.82) is 0 Å². The van der Waals surface area contributed by atoms with E-state index in [0.29, 0.717) is 12.6 Å². The highest BCUT2D eigenvalue weighted by atomic mass is 16.5. The maximum Gasteiger partial charge on any atom is 0.308 e. The summed E-state index contributed by atoms with van der Waals surface area (Å²) < 4.78 is 10.0. The molecule has 0 saturated heterocycles. The second-order valence-corrected chi connectivity index (χ2v) is 4.48. The Balaban J connectivity index is 2.37. The molecule has 1 rings (SSSR count). The molecule has 19 heavy (non-hydrogen) atoms. The van der Waals surface area contributed by atoms with Crippen LogP contribution in [0.4, 0.5) is 0 Å². The molecule has 1 N–H and O–H groups in total. The van der Waals surface area contributed by atoms with E-state index in [9.17, 15) is 4.79 Å². The van der Waals surface area contributed by atoms with Gasteiger partial charge in [0.25, 0.3) is 0 Å². The van der Waals surface area contributed by atoms with Crippen LogP contribution in [-0.4, -0.2) is 32.3 Å². The van der Waals surface area contributed by atoms with Gasteiger partial charge < -0.3 is 14.8 Å². The summed E-state index contributed by atoms with van der Waals surface area (Å²) in [5.74, 6) is 0.528. The molecule has 0 aliphatic carbocycles. The molecule has 0 bridgehead atoms. The third kappa shape index (κ3) is 6.25. The topological polar surface area (TPSA) is 47.6 Å². The summed E-state index contributed by atoms with van der Waals surface area (Å²) in [4.78, 5) is 10.9. The molecule has 1 aromatic rings. The minimum atomic E-state index is -0.254. The third-order valence-electron chi connectivity index (χ3n) is 2.82. The summed E-state index contributed by atoms with van der Waals surface area (Å²) in [6, 6.07) is 8.45. The third-order valence-corrected chi connectivity index (χ3v) is 2.82. The van der Waals surface area contributed by atoms with Crippen molar-refractivity contribution < 1.29 is 14.3 Å². The maximum absolute atomic E-state index is 10.9. The zero-order valence-electron chi connectivity index (χ0n) is 11.9. The van der Waals surface area contributed by atoms with Crippen LogP contribution in [0.25, 0.3) is 0 Å². The summed E-state index contributed by atoms with van der Waals surface area (Å²) in [6.07, 6.45) is 1.27. The van der Waals surface area contributed by atoms with E-state index in [1.165, 1.54) is 12.7 Å². The molecule has 4 nitrogen and oxygen atoms in total. The van der Waals surface area contributed by atoms with E-state index in [2.05, 4.69) is 36.0 Å². The fourth-order valence-corrected chi connectivity index (χ4v) is 1.85. The molecule has 0 saturated carbocycles. The van der Waals surface area contributed by atoms with Crippen LogP contribution in [0, 0.1) is 0 Å². The fourth-order valence-electron chi connectivity index (χ4n) is 1.85. The molecule has 1 aromatic carbocycles. The monoisotopic (exact) mass is 265 g/mol. The normalized spacial score (nSPS) is 11.9. The molecule has 0 heterocycles. The summed E-state index contributed by atoms with van der Waals surface area (Å²) in [5, 5.41) is 3.38. The minimum Gasteiger partial charge on any atom is -0.493 e. The van der Waals surface area contributed by atoms with Gasteiger partial charge in [0.2, 0.25) is 0 Å². The van der Waals surface area contributed by atoms with Crippen LogP contribution in [-0.2, 0) is 16.0 Å². The Kier molecular flexibility index (Phi) is 6.97. The first-order chi connectivity index (χ1) is 9.15. The van der Waals surface area contributed by atoms with E-state index in [-0.39, 0.29) is 12.4 Å². The van der Waals surface area contributed by atoms with Crippen molar-refractivity contribution in [1.82, 2.24) is 5.32 Å². The van der Waals surface area contributed by atoms with Gasteiger partial charge in [-0.1, -0.05) is 19.1 Å². The van der Waals surface area contributed by atoms with Gasteiger partial charge in [-0.2, -0.15) is 0 Å². The molecule has 0 radical (unpaired) electrons. The Labute approximate surface area is 115 Å². The highest BCUT2D eigenvalue weighted by Crippen LogP contribution is 2.13. The molecule has 1 unspecified atom stereocenters. The Hall–Kier alpha value is -1.55. The van der Waals surface area contributed by atoms with Crippen molar-refractivity contribution in [2.75, 3.05) is 20.3 Å². The van der Waals surface area contributed by atoms with Crippen molar-refractivity contribution in [3.63, 3.8) is 0 Å². The zero-order valence-corrected chi connectivity index (χ0v) is 11.9. The number of benzene rings is 1. The maximum atomic E-state index is 10.9. The molecule has 0 aliphatic heterocycles. The molecule has 0 spiro atoms. The number of hydrogen-bond acceptors (Lipinski definition) is 4. The van der Waals surface area contributed by atoms with Gasteiger partial charge >= 0.3 is 5.97 Å². The van der Waals surface area contributed by atoms with Crippen molar-refractivity contribution in [3.05, 3.63) is 29.8 Å². The standard InChI is InChI=1S/C15H23NO3/c1-4-16-12(2)11-13-5-7-14(8-6-13)19-10-9-15(17)18-3/h5-8,12,16H,4,9-11H2,1-3H3. The van der Waals surface area contributed by atoms with Gasteiger partial charge in [0.1, 0.15) is 5.75 Å². The lowest BCUT2D eigenvalue weighted by Gasteiger charge is -2.12.